The lowest BCUT2D eigenvalue weighted by Gasteiger charge is -2.10. The van der Waals surface area contributed by atoms with Crippen LogP contribution in [0.2, 0.25) is 5.02 Å². The van der Waals surface area contributed by atoms with Gasteiger partial charge >= 0.3 is 0 Å². The lowest BCUT2D eigenvalue weighted by atomic mass is 9.96. The van der Waals surface area contributed by atoms with Gasteiger partial charge in [-0.15, -0.1) is 0 Å². The largest absolute Gasteiger partial charge is 0.0843 e. The zero-order valence-corrected chi connectivity index (χ0v) is 10.2. The quantitative estimate of drug-likeness (QED) is 0.688. The third-order valence-corrected chi connectivity index (χ3v) is 2.40. The van der Waals surface area contributed by atoms with Crippen LogP contribution in [0.1, 0.15) is 38.8 Å². The standard InChI is InChI=1S/C13H18Cl/c1-9(2)5-11-6-12(10(3)4)8-13(14)7-11/h6-9H,5H2,1-4H3. The molecule has 1 aromatic carbocycles. The van der Waals surface area contributed by atoms with Gasteiger partial charge in [0.1, 0.15) is 0 Å². The van der Waals surface area contributed by atoms with E-state index in [2.05, 4.69) is 39.8 Å². The molecule has 0 fully saturated rings. The van der Waals surface area contributed by atoms with Crippen molar-refractivity contribution in [3.63, 3.8) is 0 Å². The van der Waals surface area contributed by atoms with Crippen LogP contribution in [-0.4, -0.2) is 0 Å². The molecule has 0 spiro atoms. The second kappa shape index (κ2) is 4.84. The van der Waals surface area contributed by atoms with Crippen molar-refractivity contribution >= 4 is 11.6 Å². The van der Waals surface area contributed by atoms with E-state index in [9.17, 15) is 0 Å². The molecule has 0 saturated carbocycles. The number of benzene rings is 1. The van der Waals surface area contributed by atoms with Gasteiger partial charge < -0.3 is 0 Å². The van der Waals surface area contributed by atoms with Crippen LogP contribution in [0.3, 0.4) is 0 Å². The molecule has 0 aliphatic carbocycles. The molecule has 0 unspecified atom stereocenters. The normalized spacial score (nSPS) is 11.4. The Bertz CT molecular complexity index is 300. The van der Waals surface area contributed by atoms with Crippen LogP contribution >= 0.6 is 11.6 Å². The Morgan fingerprint density at radius 3 is 2.36 bits per heavy atom. The molecule has 0 heterocycles. The third-order valence-electron chi connectivity index (χ3n) is 2.18. The maximum Gasteiger partial charge on any atom is 0.0411 e. The summed E-state index contributed by atoms with van der Waals surface area (Å²) in [5.74, 6) is 2.00. The van der Waals surface area contributed by atoms with Crippen molar-refractivity contribution < 1.29 is 0 Å². The van der Waals surface area contributed by atoms with Crippen molar-refractivity contribution in [2.24, 2.45) is 5.92 Å². The molecule has 1 heteroatoms. The van der Waals surface area contributed by atoms with Gasteiger partial charge in [-0.05, 0) is 41.5 Å². The first-order valence-corrected chi connectivity index (χ1v) is 5.47. The van der Waals surface area contributed by atoms with Crippen LogP contribution in [0, 0.1) is 11.8 Å². The van der Waals surface area contributed by atoms with E-state index in [0.717, 1.165) is 11.4 Å². The van der Waals surface area contributed by atoms with Crippen LogP contribution in [-0.2, 0) is 6.42 Å². The predicted molar refractivity (Wildman–Crippen MR) is 63.7 cm³/mol. The molecule has 0 aliphatic heterocycles. The average Bonchev–Trinajstić information content (AvgIpc) is 2.01. The maximum absolute atomic E-state index is 6.06. The molecule has 1 rings (SSSR count). The van der Waals surface area contributed by atoms with E-state index in [1.807, 2.05) is 6.07 Å². The minimum atomic E-state index is 0.679. The van der Waals surface area contributed by atoms with Gasteiger partial charge in [-0.3, -0.25) is 0 Å². The minimum Gasteiger partial charge on any atom is -0.0843 e. The summed E-state index contributed by atoms with van der Waals surface area (Å²) >= 11 is 6.06. The second-order valence-electron chi connectivity index (χ2n) is 4.45. The molecule has 14 heavy (non-hydrogen) atoms. The van der Waals surface area contributed by atoms with Crippen LogP contribution in [0.4, 0.5) is 0 Å². The molecule has 0 aromatic heterocycles. The molecule has 0 nitrogen and oxygen atoms in total. The summed E-state index contributed by atoms with van der Waals surface area (Å²) in [7, 11) is 0. The van der Waals surface area contributed by atoms with Crippen molar-refractivity contribution in [1.29, 1.82) is 0 Å². The maximum atomic E-state index is 6.06. The summed E-state index contributed by atoms with van der Waals surface area (Å²) in [5.41, 5.74) is 2.59. The highest BCUT2D eigenvalue weighted by molar-refractivity contribution is 6.30. The molecule has 0 atom stereocenters. The van der Waals surface area contributed by atoms with Gasteiger partial charge in [0.05, 0.1) is 0 Å². The van der Waals surface area contributed by atoms with Gasteiger partial charge in [0.2, 0.25) is 0 Å². The van der Waals surface area contributed by atoms with E-state index in [1.165, 1.54) is 17.0 Å². The molecular weight excluding hydrogens is 192 g/mol. The van der Waals surface area contributed by atoms with E-state index in [1.54, 1.807) is 0 Å². The fourth-order valence-corrected chi connectivity index (χ4v) is 1.79. The summed E-state index contributed by atoms with van der Waals surface area (Å²) in [6.07, 6.45) is 1.10. The Kier molecular flexibility index (Phi) is 4.00. The van der Waals surface area contributed by atoms with Crippen molar-refractivity contribution in [3.8, 4) is 0 Å². The SMILES string of the molecule is C[C](C)c1cc(Cl)cc(CC(C)C)c1. The molecule has 1 radical (unpaired) electrons. The van der Waals surface area contributed by atoms with Crippen molar-refractivity contribution in [2.75, 3.05) is 0 Å². The van der Waals surface area contributed by atoms with Gasteiger partial charge in [-0.25, -0.2) is 0 Å². The monoisotopic (exact) mass is 209 g/mol. The summed E-state index contributed by atoms with van der Waals surface area (Å²) in [6, 6.07) is 6.33. The zero-order valence-electron chi connectivity index (χ0n) is 9.39. The highest BCUT2D eigenvalue weighted by Crippen LogP contribution is 2.22. The fraction of sp³-hybridized carbons (Fsp3) is 0.462. The van der Waals surface area contributed by atoms with Gasteiger partial charge in [0.25, 0.3) is 0 Å². The highest BCUT2D eigenvalue weighted by atomic mass is 35.5. The highest BCUT2D eigenvalue weighted by Gasteiger charge is 2.05. The van der Waals surface area contributed by atoms with Crippen molar-refractivity contribution in [1.82, 2.24) is 0 Å². The molecule has 0 aliphatic rings. The Morgan fingerprint density at radius 1 is 1.21 bits per heavy atom. The zero-order chi connectivity index (χ0) is 10.7. The summed E-state index contributed by atoms with van der Waals surface area (Å²) in [5, 5.41) is 0.847. The van der Waals surface area contributed by atoms with Crippen molar-refractivity contribution in [2.45, 2.75) is 34.1 Å². The van der Waals surface area contributed by atoms with Gasteiger partial charge in [0.15, 0.2) is 0 Å². The lowest BCUT2D eigenvalue weighted by Crippen LogP contribution is -1.97. The van der Waals surface area contributed by atoms with Crippen LogP contribution < -0.4 is 0 Å². The Labute approximate surface area is 92.3 Å². The Morgan fingerprint density at radius 2 is 1.86 bits per heavy atom. The topological polar surface area (TPSA) is 0 Å². The Hall–Kier alpha value is -0.490. The van der Waals surface area contributed by atoms with E-state index in [4.69, 9.17) is 11.6 Å². The van der Waals surface area contributed by atoms with Gasteiger partial charge in [-0.1, -0.05) is 45.4 Å². The molecule has 0 saturated heterocycles. The smallest absolute Gasteiger partial charge is 0.0411 e. The van der Waals surface area contributed by atoms with Crippen LogP contribution in [0.15, 0.2) is 18.2 Å². The minimum absolute atomic E-state index is 0.679. The molecule has 0 bridgehead atoms. The number of rotatable bonds is 3. The second-order valence-corrected chi connectivity index (χ2v) is 4.88. The molecule has 77 valence electrons. The summed E-state index contributed by atoms with van der Waals surface area (Å²) in [6.45, 7) is 8.68. The fourth-order valence-electron chi connectivity index (χ4n) is 1.53. The molecule has 0 amide bonds. The first-order chi connectivity index (χ1) is 6.49. The molecular formula is C13H18Cl. The van der Waals surface area contributed by atoms with Crippen molar-refractivity contribution in [3.05, 3.63) is 40.3 Å². The predicted octanol–water partition coefficient (Wildman–Crippen LogP) is 4.50. The summed E-state index contributed by atoms with van der Waals surface area (Å²) in [4.78, 5) is 0. The first kappa shape index (κ1) is 11.6. The van der Waals surface area contributed by atoms with E-state index in [-0.39, 0.29) is 0 Å². The Balaban J connectivity index is 2.95. The average molecular weight is 210 g/mol. The van der Waals surface area contributed by atoms with Gasteiger partial charge in [0, 0.05) is 5.02 Å². The third kappa shape index (κ3) is 3.34. The number of hydrogen-bond donors (Lipinski definition) is 0. The van der Waals surface area contributed by atoms with E-state index < -0.39 is 0 Å². The molecule has 1 aromatic rings. The van der Waals surface area contributed by atoms with Gasteiger partial charge in [-0.2, -0.15) is 0 Å². The van der Waals surface area contributed by atoms with E-state index in [0.29, 0.717) is 5.92 Å². The number of halogens is 1. The number of hydrogen-bond acceptors (Lipinski definition) is 0. The van der Waals surface area contributed by atoms with Crippen LogP contribution in [0.25, 0.3) is 0 Å². The summed E-state index contributed by atoms with van der Waals surface area (Å²) < 4.78 is 0. The van der Waals surface area contributed by atoms with E-state index >= 15 is 0 Å². The molecule has 0 N–H and O–H groups in total. The first-order valence-electron chi connectivity index (χ1n) is 5.09. The van der Waals surface area contributed by atoms with Crippen LogP contribution in [0.5, 0.6) is 0 Å². The lowest BCUT2D eigenvalue weighted by molar-refractivity contribution is 0.647.